The minimum Gasteiger partial charge on any atom is -0.507 e. The Morgan fingerprint density at radius 2 is 1.68 bits per heavy atom. The highest BCUT2D eigenvalue weighted by Gasteiger charge is 2.18. The number of fused-ring (bicyclic) bond motifs is 1. The van der Waals surface area contributed by atoms with Gasteiger partial charge in [-0.25, -0.2) is 15.0 Å². The zero-order valence-electron chi connectivity index (χ0n) is 22.2. The van der Waals surface area contributed by atoms with Crippen molar-refractivity contribution in [3.8, 4) is 34.1 Å². The third-order valence-corrected chi connectivity index (χ3v) is 6.99. The van der Waals surface area contributed by atoms with Crippen molar-refractivity contribution in [2.45, 2.75) is 13.0 Å². The number of phenolic OH excluding ortho intramolecular Hbond substituents is 1. The first-order chi connectivity index (χ1) is 20.1. The molecule has 0 fully saturated rings. The lowest BCUT2D eigenvalue weighted by molar-refractivity contribution is 0.112. The molecule has 0 atom stereocenters. The smallest absolute Gasteiger partial charge is 0.165 e. The fourth-order valence-electron chi connectivity index (χ4n) is 4.83. The van der Waals surface area contributed by atoms with E-state index in [2.05, 4.69) is 34.6 Å². The number of hydrogen-bond acceptors (Lipinski definition) is 7. The molecule has 0 saturated carbocycles. The van der Waals surface area contributed by atoms with Crippen molar-refractivity contribution in [2.24, 2.45) is 0 Å². The number of aromatic hydroxyl groups is 1. The van der Waals surface area contributed by atoms with Gasteiger partial charge in [0.25, 0.3) is 0 Å². The van der Waals surface area contributed by atoms with E-state index in [1.807, 2.05) is 65.2 Å². The molecule has 3 aromatic heterocycles. The van der Waals surface area contributed by atoms with Crippen LogP contribution in [0, 0.1) is 0 Å². The van der Waals surface area contributed by atoms with Gasteiger partial charge in [0, 0.05) is 24.0 Å². The maximum absolute atomic E-state index is 10.9. The van der Waals surface area contributed by atoms with E-state index in [0.717, 1.165) is 57.8 Å². The van der Waals surface area contributed by atoms with E-state index >= 15 is 0 Å². The third kappa shape index (κ3) is 5.41. The van der Waals surface area contributed by atoms with Crippen molar-refractivity contribution in [3.05, 3.63) is 120 Å². The molecule has 202 valence electrons. The Balaban J connectivity index is 1.27. The van der Waals surface area contributed by atoms with E-state index in [4.69, 9.17) is 15.7 Å². The van der Waals surface area contributed by atoms with Crippen molar-refractivity contribution < 1.29 is 9.90 Å². The maximum Gasteiger partial charge on any atom is 0.165 e. The molecule has 0 bridgehead atoms. The first-order valence-electron chi connectivity index (χ1n) is 13.3. The molecule has 6 aromatic rings. The number of rotatable bonds is 9. The minimum atomic E-state index is 0.0119. The van der Waals surface area contributed by atoms with Gasteiger partial charge in [-0.3, -0.25) is 9.36 Å². The van der Waals surface area contributed by atoms with Gasteiger partial charge in [0.15, 0.2) is 17.8 Å². The Morgan fingerprint density at radius 1 is 0.878 bits per heavy atom. The zero-order valence-corrected chi connectivity index (χ0v) is 22.2. The second kappa shape index (κ2) is 11.4. The van der Waals surface area contributed by atoms with Crippen LogP contribution in [0.4, 0.5) is 5.82 Å². The quantitative estimate of drug-likeness (QED) is 0.162. The van der Waals surface area contributed by atoms with E-state index in [1.165, 1.54) is 0 Å². The van der Waals surface area contributed by atoms with Gasteiger partial charge in [0.2, 0.25) is 0 Å². The number of imidazole rings is 1. The zero-order chi connectivity index (χ0) is 28.2. The van der Waals surface area contributed by atoms with E-state index in [0.29, 0.717) is 30.0 Å². The molecule has 0 spiro atoms. The predicted molar refractivity (Wildman–Crippen MR) is 161 cm³/mol. The summed E-state index contributed by atoms with van der Waals surface area (Å²) in [4.78, 5) is 25.1. The molecule has 41 heavy (non-hydrogen) atoms. The summed E-state index contributed by atoms with van der Waals surface area (Å²) >= 11 is 0. The summed E-state index contributed by atoms with van der Waals surface area (Å²) in [5.41, 5.74) is 13.7. The summed E-state index contributed by atoms with van der Waals surface area (Å²) in [6, 6.07) is 31.2. The molecule has 0 aliphatic rings. The lowest BCUT2D eigenvalue weighted by Crippen LogP contribution is -2.16. The normalized spacial score (nSPS) is 11.1. The fraction of sp³-hybridized carbons (Fsp3) is 0.0909. The Hall–Kier alpha value is -5.34. The van der Waals surface area contributed by atoms with Gasteiger partial charge in [0.05, 0.1) is 16.8 Å². The van der Waals surface area contributed by atoms with Gasteiger partial charge < -0.3 is 16.2 Å². The topological polar surface area (TPSA) is 119 Å². The van der Waals surface area contributed by atoms with Crippen LogP contribution in [-0.4, -0.2) is 37.5 Å². The van der Waals surface area contributed by atoms with Gasteiger partial charge in [-0.15, -0.1) is 0 Å². The highest BCUT2D eigenvalue weighted by atomic mass is 16.3. The first-order valence-corrected chi connectivity index (χ1v) is 13.3. The molecule has 0 radical (unpaired) electrons. The number of aldehydes is 1. The van der Waals surface area contributed by atoms with Crippen molar-refractivity contribution >= 4 is 23.3 Å². The lowest BCUT2D eigenvalue weighted by Gasteiger charge is -2.12. The molecule has 0 amide bonds. The van der Waals surface area contributed by atoms with E-state index in [9.17, 15) is 9.90 Å². The summed E-state index contributed by atoms with van der Waals surface area (Å²) in [5, 5.41) is 13.3. The number of nitrogens with zero attached hydrogens (tertiary/aromatic N) is 4. The number of phenols is 1. The van der Waals surface area contributed by atoms with Gasteiger partial charge in [-0.05, 0) is 72.6 Å². The Morgan fingerprint density at radius 3 is 2.44 bits per heavy atom. The van der Waals surface area contributed by atoms with Crippen LogP contribution < -0.4 is 11.1 Å². The Kier molecular flexibility index (Phi) is 7.21. The van der Waals surface area contributed by atoms with Crippen LogP contribution in [0.2, 0.25) is 0 Å². The highest BCUT2D eigenvalue weighted by molar-refractivity contribution is 5.84. The molecule has 3 heterocycles. The summed E-state index contributed by atoms with van der Waals surface area (Å²) in [6.45, 7) is 1.41. The van der Waals surface area contributed by atoms with Gasteiger partial charge >= 0.3 is 0 Å². The molecule has 8 nitrogen and oxygen atoms in total. The van der Waals surface area contributed by atoms with Crippen LogP contribution in [0.5, 0.6) is 5.75 Å². The SMILES string of the molecule is Nc1ncccc1-c1nc2ccc(-c3ccccc3)nc2n1-c1ccc(CNCCc2ccc(C=O)c(O)c2)cc1. The maximum atomic E-state index is 10.9. The fourth-order valence-corrected chi connectivity index (χ4v) is 4.83. The minimum absolute atomic E-state index is 0.0119. The first kappa shape index (κ1) is 25.9. The molecule has 3 aromatic carbocycles. The average molecular weight is 541 g/mol. The number of nitrogens with one attached hydrogen (secondary N) is 1. The number of carbonyl (C=O) groups is 1. The summed E-state index contributed by atoms with van der Waals surface area (Å²) in [6.07, 6.45) is 3.06. The number of benzene rings is 3. The van der Waals surface area contributed by atoms with E-state index in [1.54, 1.807) is 18.3 Å². The van der Waals surface area contributed by atoms with Crippen molar-refractivity contribution in [3.63, 3.8) is 0 Å². The molecule has 0 saturated heterocycles. The largest absolute Gasteiger partial charge is 0.507 e. The van der Waals surface area contributed by atoms with E-state index in [-0.39, 0.29) is 5.75 Å². The van der Waals surface area contributed by atoms with Gasteiger partial charge in [-0.1, -0.05) is 48.5 Å². The van der Waals surface area contributed by atoms with Crippen LogP contribution in [0.15, 0.2) is 103 Å². The molecular weight excluding hydrogens is 512 g/mol. The third-order valence-electron chi connectivity index (χ3n) is 6.99. The average Bonchev–Trinajstić information content (AvgIpc) is 3.39. The van der Waals surface area contributed by atoms with Crippen LogP contribution >= 0.6 is 0 Å². The summed E-state index contributed by atoms with van der Waals surface area (Å²) < 4.78 is 2.03. The predicted octanol–water partition coefficient (Wildman–Crippen LogP) is 5.58. The summed E-state index contributed by atoms with van der Waals surface area (Å²) in [7, 11) is 0. The van der Waals surface area contributed by atoms with E-state index < -0.39 is 0 Å². The Bertz CT molecular complexity index is 1830. The summed E-state index contributed by atoms with van der Waals surface area (Å²) in [5.74, 6) is 1.10. The molecule has 0 aliphatic heterocycles. The van der Waals surface area contributed by atoms with Crippen molar-refractivity contribution in [1.82, 2.24) is 24.8 Å². The number of nitrogens with two attached hydrogens (primary N) is 1. The molecule has 0 unspecified atom stereocenters. The number of carbonyl (C=O) groups excluding carboxylic acids is 1. The monoisotopic (exact) mass is 540 g/mol. The van der Waals surface area contributed by atoms with Crippen LogP contribution in [-0.2, 0) is 13.0 Å². The highest BCUT2D eigenvalue weighted by Crippen LogP contribution is 2.31. The standard InChI is InChI=1S/C33H28N6O2/c34-31-27(7-4-17-36-31)32-38-29-15-14-28(24-5-2-1-3-6-24)37-33(29)39(32)26-12-9-23(10-13-26)20-35-18-16-22-8-11-25(21-40)30(41)19-22/h1-15,17,19,21,35,41H,16,18,20H2,(H2,34,36). The lowest BCUT2D eigenvalue weighted by atomic mass is 10.1. The second-order valence-electron chi connectivity index (χ2n) is 9.72. The number of aromatic nitrogens is 4. The van der Waals surface area contributed by atoms with Crippen LogP contribution in [0.3, 0.4) is 0 Å². The molecule has 0 aliphatic carbocycles. The van der Waals surface area contributed by atoms with Crippen molar-refractivity contribution in [1.29, 1.82) is 0 Å². The van der Waals surface area contributed by atoms with Gasteiger partial charge in [0.1, 0.15) is 17.1 Å². The van der Waals surface area contributed by atoms with Crippen molar-refractivity contribution in [2.75, 3.05) is 12.3 Å². The van der Waals surface area contributed by atoms with Crippen LogP contribution in [0.25, 0.3) is 39.5 Å². The number of anilines is 1. The molecule has 8 heteroatoms. The Labute approximate surface area is 237 Å². The number of nitrogen functional groups attached to an aromatic ring is 1. The van der Waals surface area contributed by atoms with Gasteiger partial charge in [-0.2, -0.15) is 0 Å². The molecular formula is C33H28N6O2. The van der Waals surface area contributed by atoms with Crippen LogP contribution in [0.1, 0.15) is 21.5 Å². The second-order valence-corrected chi connectivity index (χ2v) is 9.72. The molecule has 4 N–H and O–H groups in total. The molecule has 6 rings (SSSR count). The number of hydrogen-bond donors (Lipinski definition) is 3. The number of pyridine rings is 2.